The third-order valence-electron chi connectivity index (χ3n) is 1.22. The molecule has 0 saturated heterocycles. The monoisotopic (exact) mass is 252 g/mol. The average Bonchev–Trinajstić information content (AvgIpc) is 1.98. The van der Waals surface area contributed by atoms with Gasteiger partial charge in [0.15, 0.2) is 0 Å². The molecule has 4 heteroatoms. The van der Waals surface area contributed by atoms with Crippen molar-refractivity contribution >= 4 is 31.9 Å². The maximum atomic E-state index is 4.10. The Morgan fingerprint density at radius 2 is 2.00 bits per heavy atom. The number of rotatable bonds is 0. The van der Waals surface area contributed by atoms with E-state index in [9.17, 15) is 0 Å². The van der Waals surface area contributed by atoms with Crippen LogP contribution in [0.25, 0.3) is 0 Å². The van der Waals surface area contributed by atoms with E-state index in [1.807, 2.05) is 18.7 Å². The standard InChI is InChI=1S/C5H6Br2N2/c1-3-4(6)5(7)8-9(3)2/h1-2H3. The van der Waals surface area contributed by atoms with Crippen LogP contribution < -0.4 is 0 Å². The first-order valence-corrected chi connectivity index (χ1v) is 4.06. The first kappa shape index (κ1) is 7.28. The second kappa shape index (κ2) is 2.42. The highest BCUT2D eigenvalue weighted by Gasteiger charge is 2.05. The van der Waals surface area contributed by atoms with Crippen LogP contribution in [0.1, 0.15) is 5.69 Å². The predicted molar refractivity (Wildman–Crippen MR) is 43.3 cm³/mol. The fourth-order valence-electron chi connectivity index (χ4n) is 0.542. The molecular formula is C5H6Br2N2. The van der Waals surface area contributed by atoms with Gasteiger partial charge in [0.1, 0.15) is 4.60 Å². The zero-order valence-electron chi connectivity index (χ0n) is 5.15. The van der Waals surface area contributed by atoms with Crippen LogP contribution in [0.2, 0.25) is 0 Å². The lowest BCUT2D eigenvalue weighted by atomic mass is 10.5. The average molecular weight is 254 g/mol. The molecular weight excluding hydrogens is 248 g/mol. The molecule has 0 unspecified atom stereocenters. The van der Waals surface area contributed by atoms with Crippen molar-refractivity contribution in [3.8, 4) is 0 Å². The van der Waals surface area contributed by atoms with Gasteiger partial charge >= 0.3 is 0 Å². The van der Waals surface area contributed by atoms with Gasteiger partial charge in [-0.15, -0.1) is 0 Å². The van der Waals surface area contributed by atoms with Crippen molar-refractivity contribution in [1.82, 2.24) is 9.78 Å². The first-order valence-electron chi connectivity index (χ1n) is 2.47. The Morgan fingerprint density at radius 1 is 1.44 bits per heavy atom. The van der Waals surface area contributed by atoms with E-state index in [-0.39, 0.29) is 0 Å². The molecule has 0 aromatic carbocycles. The third kappa shape index (κ3) is 1.19. The Kier molecular flexibility index (Phi) is 1.96. The molecule has 1 rings (SSSR count). The van der Waals surface area contributed by atoms with E-state index in [1.165, 1.54) is 0 Å². The summed E-state index contributed by atoms with van der Waals surface area (Å²) in [6, 6.07) is 0. The van der Waals surface area contributed by atoms with Gasteiger partial charge in [0.25, 0.3) is 0 Å². The first-order chi connectivity index (χ1) is 4.13. The predicted octanol–water partition coefficient (Wildman–Crippen LogP) is 2.25. The largest absolute Gasteiger partial charge is 0.271 e. The molecule has 1 aromatic rings. The van der Waals surface area contributed by atoms with Gasteiger partial charge in [0, 0.05) is 7.05 Å². The van der Waals surface area contributed by atoms with Gasteiger partial charge in [-0.3, -0.25) is 4.68 Å². The molecule has 0 atom stereocenters. The van der Waals surface area contributed by atoms with E-state index in [1.54, 1.807) is 0 Å². The Bertz CT molecular complexity index is 207. The van der Waals surface area contributed by atoms with Crippen LogP contribution in [0.15, 0.2) is 9.08 Å². The maximum absolute atomic E-state index is 4.10. The normalized spacial score (nSPS) is 10.2. The highest BCUT2D eigenvalue weighted by Crippen LogP contribution is 2.24. The van der Waals surface area contributed by atoms with E-state index in [2.05, 4.69) is 37.0 Å². The minimum absolute atomic E-state index is 0.863. The lowest BCUT2D eigenvalue weighted by Crippen LogP contribution is -1.91. The lowest BCUT2D eigenvalue weighted by Gasteiger charge is -1.89. The van der Waals surface area contributed by atoms with E-state index in [0.29, 0.717) is 0 Å². The Hall–Kier alpha value is 0.170. The minimum atomic E-state index is 0.863. The second-order valence-electron chi connectivity index (χ2n) is 1.81. The van der Waals surface area contributed by atoms with Crippen LogP contribution in [0.5, 0.6) is 0 Å². The molecule has 0 fully saturated rings. The molecule has 1 heterocycles. The molecule has 0 saturated carbocycles. The highest BCUT2D eigenvalue weighted by molar-refractivity contribution is 9.13. The summed E-state index contributed by atoms with van der Waals surface area (Å²) in [5, 5.41) is 4.10. The van der Waals surface area contributed by atoms with Crippen LogP contribution >= 0.6 is 31.9 Å². The third-order valence-corrected chi connectivity index (χ3v) is 3.26. The quantitative estimate of drug-likeness (QED) is 0.694. The van der Waals surface area contributed by atoms with Crippen LogP contribution in [0, 0.1) is 6.92 Å². The van der Waals surface area contributed by atoms with Gasteiger partial charge in [0.05, 0.1) is 10.2 Å². The number of halogens is 2. The Morgan fingerprint density at radius 3 is 2.11 bits per heavy atom. The summed E-state index contributed by atoms with van der Waals surface area (Å²) in [4.78, 5) is 0. The molecule has 0 aliphatic rings. The lowest BCUT2D eigenvalue weighted by molar-refractivity contribution is 0.734. The Balaban J connectivity index is 3.29. The summed E-state index contributed by atoms with van der Waals surface area (Å²) < 4.78 is 3.71. The van der Waals surface area contributed by atoms with Crippen molar-refractivity contribution in [3.05, 3.63) is 14.8 Å². The van der Waals surface area contributed by atoms with Crippen molar-refractivity contribution < 1.29 is 0 Å². The molecule has 0 bridgehead atoms. The molecule has 1 aromatic heterocycles. The van der Waals surface area contributed by atoms with Gasteiger partial charge in [-0.05, 0) is 38.8 Å². The molecule has 0 amide bonds. The number of hydrogen-bond donors (Lipinski definition) is 0. The molecule has 0 radical (unpaired) electrons. The topological polar surface area (TPSA) is 17.8 Å². The smallest absolute Gasteiger partial charge is 0.142 e. The van der Waals surface area contributed by atoms with Crippen molar-refractivity contribution in [2.45, 2.75) is 6.92 Å². The van der Waals surface area contributed by atoms with Gasteiger partial charge in [-0.2, -0.15) is 5.10 Å². The molecule has 0 aliphatic carbocycles. The van der Waals surface area contributed by atoms with Gasteiger partial charge in [-0.25, -0.2) is 0 Å². The minimum Gasteiger partial charge on any atom is -0.271 e. The summed E-state index contributed by atoms with van der Waals surface area (Å²) in [5.74, 6) is 0. The van der Waals surface area contributed by atoms with E-state index in [0.717, 1.165) is 14.8 Å². The SMILES string of the molecule is Cc1c(Br)c(Br)nn1C. The second-order valence-corrected chi connectivity index (χ2v) is 3.36. The summed E-state index contributed by atoms with van der Waals surface area (Å²) >= 11 is 6.66. The van der Waals surface area contributed by atoms with Gasteiger partial charge in [0.2, 0.25) is 0 Å². The van der Waals surface area contributed by atoms with Crippen molar-refractivity contribution in [1.29, 1.82) is 0 Å². The molecule has 0 aliphatic heterocycles. The van der Waals surface area contributed by atoms with Gasteiger partial charge < -0.3 is 0 Å². The highest BCUT2D eigenvalue weighted by atomic mass is 79.9. The number of aromatic nitrogens is 2. The van der Waals surface area contributed by atoms with Crippen molar-refractivity contribution in [2.75, 3.05) is 0 Å². The van der Waals surface area contributed by atoms with E-state index < -0.39 is 0 Å². The van der Waals surface area contributed by atoms with Crippen LogP contribution in [0.4, 0.5) is 0 Å². The van der Waals surface area contributed by atoms with Crippen molar-refractivity contribution in [2.24, 2.45) is 7.05 Å². The molecule has 50 valence electrons. The van der Waals surface area contributed by atoms with Crippen LogP contribution in [0.3, 0.4) is 0 Å². The summed E-state index contributed by atoms with van der Waals surface area (Å²) in [6.45, 7) is 2.00. The summed E-state index contributed by atoms with van der Waals surface area (Å²) in [6.07, 6.45) is 0. The number of nitrogens with zero attached hydrogens (tertiary/aromatic N) is 2. The molecule has 9 heavy (non-hydrogen) atoms. The number of hydrogen-bond acceptors (Lipinski definition) is 1. The number of aryl methyl sites for hydroxylation is 1. The zero-order chi connectivity index (χ0) is 7.02. The fraction of sp³-hybridized carbons (Fsp3) is 0.400. The van der Waals surface area contributed by atoms with Crippen molar-refractivity contribution in [3.63, 3.8) is 0 Å². The van der Waals surface area contributed by atoms with Gasteiger partial charge in [-0.1, -0.05) is 0 Å². The molecule has 2 nitrogen and oxygen atoms in total. The van der Waals surface area contributed by atoms with Crippen LogP contribution in [-0.2, 0) is 7.05 Å². The maximum Gasteiger partial charge on any atom is 0.142 e. The Labute approximate surface area is 70.5 Å². The zero-order valence-corrected chi connectivity index (χ0v) is 8.32. The van der Waals surface area contributed by atoms with E-state index >= 15 is 0 Å². The molecule has 0 spiro atoms. The molecule has 0 N–H and O–H groups in total. The van der Waals surface area contributed by atoms with Crippen LogP contribution in [-0.4, -0.2) is 9.78 Å². The summed E-state index contributed by atoms with van der Waals surface area (Å²) in [5.41, 5.74) is 1.13. The van der Waals surface area contributed by atoms with E-state index in [4.69, 9.17) is 0 Å². The fourth-order valence-corrected chi connectivity index (χ4v) is 1.40. The summed E-state index contributed by atoms with van der Waals surface area (Å²) in [7, 11) is 1.91.